The largest absolute Gasteiger partial charge is 0.349 e. The zero-order valence-corrected chi connectivity index (χ0v) is 16.7. The van der Waals surface area contributed by atoms with Gasteiger partial charge >= 0.3 is 5.69 Å². The highest BCUT2D eigenvalue weighted by atomic mass is 16.2. The fraction of sp³-hybridized carbons (Fsp3) is 0.429. The van der Waals surface area contributed by atoms with E-state index in [1.807, 2.05) is 18.2 Å². The molecule has 0 aliphatic heterocycles. The molecule has 0 bridgehead atoms. The number of nitrogens with zero attached hydrogens (tertiary/aromatic N) is 4. The van der Waals surface area contributed by atoms with E-state index in [-0.39, 0.29) is 17.5 Å². The van der Waals surface area contributed by atoms with Crippen LogP contribution in [0.5, 0.6) is 0 Å². The van der Waals surface area contributed by atoms with Crippen molar-refractivity contribution in [1.29, 1.82) is 0 Å². The van der Waals surface area contributed by atoms with Gasteiger partial charge in [0.15, 0.2) is 11.2 Å². The fourth-order valence-corrected chi connectivity index (χ4v) is 3.79. The van der Waals surface area contributed by atoms with E-state index in [9.17, 15) is 14.4 Å². The van der Waals surface area contributed by atoms with Crippen LogP contribution in [0.4, 0.5) is 0 Å². The van der Waals surface area contributed by atoms with Gasteiger partial charge in [0.25, 0.3) is 5.56 Å². The number of rotatable bonds is 7. The summed E-state index contributed by atoms with van der Waals surface area (Å²) >= 11 is 0. The van der Waals surface area contributed by atoms with Gasteiger partial charge in [-0.25, -0.2) is 9.78 Å². The van der Waals surface area contributed by atoms with Gasteiger partial charge in [-0.3, -0.25) is 18.7 Å². The van der Waals surface area contributed by atoms with Crippen LogP contribution < -0.4 is 16.6 Å². The molecule has 1 amide bonds. The second kappa shape index (κ2) is 7.69. The Kier molecular flexibility index (Phi) is 5.08. The van der Waals surface area contributed by atoms with E-state index < -0.39 is 5.69 Å². The predicted molar refractivity (Wildman–Crippen MR) is 109 cm³/mol. The second-order valence-electron chi connectivity index (χ2n) is 7.71. The maximum atomic E-state index is 12.5. The number of nitrogens with one attached hydrogen (secondary N) is 1. The molecule has 4 rings (SSSR count). The number of hydrogen-bond donors (Lipinski definition) is 1. The lowest BCUT2D eigenvalue weighted by Crippen LogP contribution is -2.37. The molecule has 1 saturated carbocycles. The molecule has 29 heavy (non-hydrogen) atoms. The van der Waals surface area contributed by atoms with Gasteiger partial charge in [0.05, 0.1) is 12.4 Å². The van der Waals surface area contributed by atoms with Gasteiger partial charge < -0.3 is 9.88 Å². The summed E-state index contributed by atoms with van der Waals surface area (Å²) in [6.07, 6.45) is 4.78. The molecule has 2 aromatic heterocycles. The first-order valence-electron chi connectivity index (χ1n) is 9.92. The van der Waals surface area contributed by atoms with Crippen molar-refractivity contribution in [1.82, 2.24) is 24.0 Å². The van der Waals surface area contributed by atoms with Crippen molar-refractivity contribution in [3.05, 3.63) is 63.1 Å². The Balaban J connectivity index is 1.42. The zero-order valence-electron chi connectivity index (χ0n) is 16.7. The number of aryl methyl sites for hydroxylation is 2. The van der Waals surface area contributed by atoms with Crippen LogP contribution in [0.25, 0.3) is 11.2 Å². The number of carbonyl (C=O) groups excluding carboxylic acids is 1. The van der Waals surface area contributed by atoms with Crippen molar-refractivity contribution < 1.29 is 4.79 Å². The van der Waals surface area contributed by atoms with E-state index in [1.54, 1.807) is 17.9 Å². The monoisotopic (exact) mass is 395 g/mol. The van der Waals surface area contributed by atoms with Gasteiger partial charge in [-0.1, -0.05) is 30.3 Å². The Labute approximate surface area is 167 Å². The maximum absolute atomic E-state index is 12.5. The van der Waals surface area contributed by atoms with E-state index in [0.29, 0.717) is 36.5 Å². The molecule has 1 atom stereocenters. The van der Waals surface area contributed by atoms with Crippen molar-refractivity contribution in [2.45, 2.75) is 38.3 Å². The van der Waals surface area contributed by atoms with Crippen LogP contribution in [0.3, 0.4) is 0 Å². The Morgan fingerprint density at radius 2 is 1.90 bits per heavy atom. The van der Waals surface area contributed by atoms with Gasteiger partial charge in [-0.15, -0.1) is 0 Å². The first-order chi connectivity index (χ1) is 14.0. The van der Waals surface area contributed by atoms with Crippen LogP contribution in [-0.2, 0) is 25.4 Å². The zero-order chi connectivity index (χ0) is 20.5. The molecule has 0 spiro atoms. The minimum Gasteiger partial charge on any atom is -0.349 e. The minimum atomic E-state index is -0.404. The summed E-state index contributed by atoms with van der Waals surface area (Å²) in [5, 5.41) is 3.17. The predicted octanol–water partition coefficient (Wildman–Crippen LogP) is 1.48. The van der Waals surface area contributed by atoms with Gasteiger partial charge in [0.1, 0.15) is 0 Å². The highest BCUT2D eigenvalue weighted by molar-refractivity contribution is 5.76. The quantitative estimate of drug-likeness (QED) is 0.656. The number of imidazole rings is 1. The van der Waals surface area contributed by atoms with Crippen LogP contribution >= 0.6 is 0 Å². The molecule has 1 aliphatic rings. The molecular weight excluding hydrogens is 370 g/mol. The molecule has 8 heteroatoms. The third-order valence-electron chi connectivity index (χ3n) is 5.59. The highest BCUT2D eigenvalue weighted by Crippen LogP contribution is 2.40. The third kappa shape index (κ3) is 3.74. The normalized spacial score (nSPS) is 14.8. The molecule has 1 aromatic carbocycles. The van der Waals surface area contributed by atoms with Crippen LogP contribution in [0.15, 0.2) is 46.2 Å². The number of carbonyl (C=O) groups is 1. The van der Waals surface area contributed by atoms with Crippen molar-refractivity contribution in [2.24, 2.45) is 20.0 Å². The Morgan fingerprint density at radius 1 is 1.17 bits per heavy atom. The number of aromatic nitrogens is 4. The van der Waals surface area contributed by atoms with Gasteiger partial charge in [-0.2, -0.15) is 0 Å². The standard InChI is InChI=1S/C21H25N5O3/c1-24-19-18(20(28)25(2)21(24)29)26(13-22-19)12-6-9-16(27)23-17(15-10-11-15)14-7-4-3-5-8-14/h3-5,7-8,13,15,17H,6,9-12H2,1-2H3,(H,23,27). The smallest absolute Gasteiger partial charge is 0.332 e. The number of fused-ring (bicyclic) bond motifs is 1. The molecular formula is C21H25N5O3. The second-order valence-corrected chi connectivity index (χ2v) is 7.71. The summed E-state index contributed by atoms with van der Waals surface area (Å²) < 4.78 is 4.16. The molecule has 1 N–H and O–H groups in total. The Morgan fingerprint density at radius 3 is 2.59 bits per heavy atom. The van der Waals surface area contributed by atoms with Crippen LogP contribution in [0.1, 0.15) is 37.3 Å². The molecule has 8 nitrogen and oxygen atoms in total. The van der Waals surface area contributed by atoms with Crippen molar-refractivity contribution in [3.8, 4) is 0 Å². The van der Waals surface area contributed by atoms with E-state index in [2.05, 4.69) is 22.4 Å². The number of hydrogen-bond acceptors (Lipinski definition) is 4. The maximum Gasteiger partial charge on any atom is 0.332 e. The first-order valence-corrected chi connectivity index (χ1v) is 9.92. The molecule has 0 radical (unpaired) electrons. The highest BCUT2D eigenvalue weighted by Gasteiger charge is 2.33. The lowest BCUT2D eigenvalue weighted by molar-refractivity contribution is -0.122. The summed E-state index contributed by atoms with van der Waals surface area (Å²) in [5.74, 6) is 0.527. The molecule has 1 fully saturated rings. The topological polar surface area (TPSA) is 90.9 Å². The number of benzene rings is 1. The minimum absolute atomic E-state index is 0.00970. The Hall–Kier alpha value is -3.16. The molecule has 1 unspecified atom stereocenters. The molecule has 3 aromatic rings. The molecule has 1 aliphatic carbocycles. The molecule has 152 valence electrons. The van der Waals surface area contributed by atoms with E-state index >= 15 is 0 Å². The van der Waals surface area contributed by atoms with Crippen molar-refractivity contribution >= 4 is 17.1 Å². The first kappa shape index (κ1) is 19.2. The summed E-state index contributed by atoms with van der Waals surface area (Å²) in [6, 6.07) is 10.1. The Bertz CT molecular complexity index is 1150. The molecule has 2 heterocycles. The van der Waals surface area contributed by atoms with Crippen LogP contribution in [0, 0.1) is 5.92 Å². The summed E-state index contributed by atoms with van der Waals surface area (Å²) in [4.78, 5) is 41.2. The van der Waals surface area contributed by atoms with E-state index in [0.717, 1.165) is 23.0 Å². The summed E-state index contributed by atoms with van der Waals surface area (Å²) in [7, 11) is 3.05. The van der Waals surface area contributed by atoms with Crippen LogP contribution in [-0.4, -0.2) is 24.6 Å². The van der Waals surface area contributed by atoms with E-state index in [1.165, 1.54) is 11.6 Å². The summed E-state index contributed by atoms with van der Waals surface area (Å²) in [6.45, 7) is 0.483. The van der Waals surface area contributed by atoms with Gasteiger partial charge in [-0.05, 0) is 30.7 Å². The average molecular weight is 395 g/mol. The lowest BCUT2D eigenvalue weighted by atomic mass is 10.0. The average Bonchev–Trinajstić information content (AvgIpc) is 3.49. The van der Waals surface area contributed by atoms with Crippen molar-refractivity contribution in [3.63, 3.8) is 0 Å². The SMILES string of the molecule is Cn1c(=O)c2c(ncn2CCCC(=O)NC(c2ccccc2)C2CC2)n(C)c1=O. The molecule has 0 saturated heterocycles. The fourth-order valence-electron chi connectivity index (χ4n) is 3.79. The lowest BCUT2D eigenvalue weighted by Gasteiger charge is -2.19. The summed E-state index contributed by atoms with van der Waals surface area (Å²) in [5.41, 5.74) is 1.12. The van der Waals surface area contributed by atoms with Gasteiger partial charge in [0.2, 0.25) is 5.91 Å². The number of amides is 1. The van der Waals surface area contributed by atoms with Gasteiger partial charge in [0, 0.05) is 27.1 Å². The van der Waals surface area contributed by atoms with Crippen molar-refractivity contribution in [2.75, 3.05) is 0 Å². The van der Waals surface area contributed by atoms with Crippen LogP contribution in [0.2, 0.25) is 0 Å². The van der Waals surface area contributed by atoms with E-state index in [4.69, 9.17) is 0 Å². The third-order valence-corrected chi connectivity index (χ3v) is 5.59.